The molecule has 1 fully saturated rings. The second-order valence-corrected chi connectivity index (χ2v) is 4.38. The van der Waals surface area contributed by atoms with Crippen LogP contribution in [0.1, 0.15) is 38.5 Å². The van der Waals surface area contributed by atoms with Gasteiger partial charge in [-0.2, -0.15) is 0 Å². The minimum atomic E-state index is -1.20. The molecule has 0 radical (unpaired) electrons. The number of nitrogens with two attached hydrogens (primary N) is 1. The lowest BCUT2D eigenvalue weighted by Gasteiger charge is -2.32. The molecule has 0 aromatic rings. The first-order chi connectivity index (χ1) is 7.15. The first kappa shape index (κ1) is 12.5. The van der Waals surface area contributed by atoms with Crippen LogP contribution in [0.2, 0.25) is 0 Å². The molecule has 0 amide bonds. The second kappa shape index (κ2) is 5.47. The van der Waals surface area contributed by atoms with Crippen LogP contribution in [-0.4, -0.2) is 30.3 Å². The smallest absolute Gasteiger partial charge is 0.328 e. The highest BCUT2D eigenvalue weighted by Crippen LogP contribution is 2.30. The van der Waals surface area contributed by atoms with Crippen LogP contribution < -0.4 is 5.73 Å². The van der Waals surface area contributed by atoms with Crippen molar-refractivity contribution in [1.29, 1.82) is 0 Å². The highest BCUT2D eigenvalue weighted by atomic mass is 16.5. The Bertz CT molecular complexity index is 212. The number of carbonyl (C=O) groups is 1. The summed E-state index contributed by atoms with van der Waals surface area (Å²) in [4.78, 5) is 11.6. The molecule has 0 saturated heterocycles. The molecule has 1 aliphatic rings. The molecule has 0 aromatic carbocycles. The molecule has 4 heteroatoms. The molecule has 0 heterocycles. The molecule has 88 valence electrons. The van der Waals surface area contributed by atoms with E-state index in [1.54, 1.807) is 0 Å². The van der Waals surface area contributed by atoms with Gasteiger partial charge in [-0.1, -0.05) is 25.7 Å². The number of carbonyl (C=O) groups excluding carboxylic acids is 1. The summed E-state index contributed by atoms with van der Waals surface area (Å²) in [6.45, 7) is -0.329. The van der Waals surface area contributed by atoms with Crippen molar-refractivity contribution in [2.45, 2.75) is 44.1 Å². The fourth-order valence-electron chi connectivity index (χ4n) is 2.34. The van der Waals surface area contributed by atoms with E-state index >= 15 is 0 Å². The highest BCUT2D eigenvalue weighted by Gasteiger charge is 2.42. The van der Waals surface area contributed by atoms with Crippen molar-refractivity contribution >= 4 is 5.97 Å². The molecule has 0 aromatic heterocycles. The maximum Gasteiger partial charge on any atom is 0.328 e. The van der Waals surface area contributed by atoms with Crippen molar-refractivity contribution in [3.63, 3.8) is 0 Å². The average molecular weight is 215 g/mol. The van der Waals surface area contributed by atoms with Gasteiger partial charge < -0.3 is 15.6 Å². The minimum Gasteiger partial charge on any atom is -0.468 e. The molecular weight excluding hydrogens is 194 g/mol. The average Bonchev–Trinajstić information content (AvgIpc) is 2.55. The monoisotopic (exact) mass is 215 g/mol. The van der Waals surface area contributed by atoms with E-state index in [2.05, 4.69) is 4.74 Å². The van der Waals surface area contributed by atoms with Crippen LogP contribution >= 0.6 is 0 Å². The van der Waals surface area contributed by atoms with Crippen LogP contribution in [0.25, 0.3) is 0 Å². The van der Waals surface area contributed by atoms with Gasteiger partial charge in [0, 0.05) is 0 Å². The van der Waals surface area contributed by atoms with Gasteiger partial charge >= 0.3 is 5.97 Å². The molecule has 0 aliphatic heterocycles. The standard InChI is InChI=1S/C11H21NO3/c1-15-10(14)11(12,8-13)9-6-4-2-3-5-7-9/h9,13H,2-8,12H2,1H3. The number of aliphatic hydroxyl groups excluding tert-OH is 1. The zero-order valence-electron chi connectivity index (χ0n) is 9.37. The van der Waals surface area contributed by atoms with Crippen LogP contribution in [0.15, 0.2) is 0 Å². The number of rotatable bonds is 3. The quantitative estimate of drug-likeness (QED) is 0.540. The lowest BCUT2D eigenvalue weighted by Crippen LogP contribution is -2.57. The molecule has 4 nitrogen and oxygen atoms in total. The van der Waals surface area contributed by atoms with Gasteiger partial charge in [0.05, 0.1) is 13.7 Å². The van der Waals surface area contributed by atoms with Crippen LogP contribution in [0.4, 0.5) is 0 Å². The Hall–Kier alpha value is -0.610. The van der Waals surface area contributed by atoms with E-state index in [0.717, 1.165) is 25.7 Å². The second-order valence-electron chi connectivity index (χ2n) is 4.38. The Balaban J connectivity index is 2.73. The largest absolute Gasteiger partial charge is 0.468 e. The topological polar surface area (TPSA) is 72.5 Å². The summed E-state index contributed by atoms with van der Waals surface area (Å²) in [6.07, 6.45) is 6.37. The summed E-state index contributed by atoms with van der Waals surface area (Å²) < 4.78 is 4.68. The number of esters is 1. The van der Waals surface area contributed by atoms with E-state index in [1.165, 1.54) is 20.0 Å². The zero-order chi connectivity index (χ0) is 11.3. The van der Waals surface area contributed by atoms with Gasteiger partial charge in [-0.25, -0.2) is 4.79 Å². The summed E-state index contributed by atoms with van der Waals surface area (Å²) in [7, 11) is 1.32. The molecule has 1 aliphatic carbocycles. The molecule has 1 atom stereocenters. The van der Waals surface area contributed by atoms with E-state index < -0.39 is 11.5 Å². The number of hydrogen-bond acceptors (Lipinski definition) is 4. The van der Waals surface area contributed by atoms with Crippen molar-refractivity contribution in [3.8, 4) is 0 Å². The zero-order valence-corrected chi connectivity index (χ0v) is 9.37. The first-order valence-electron chi connectivity index (χ1n) is 5.63. The maximum atomic E-state index is 11.6. The summed E-state index contributed by atoms with van der Waals surface area (Å²) in [5, 5.41) is 9.31. The third-order valence-corrected chi connectivity index (χ3v) is 3.41. The van der Waals surface area contributed by atoms with Crippen molar-refractivity contribution in [2.75, 3.05) is 13.7 Å². The summed E-state index contributed by atoms with van der Waals surface area (Å²) in [5.41, 5.74) is 4.78. The molecule has 0 bridgehead atoms. The van der Waals surface area contributed by atoms with Crippen LogP contribution in [0.3, 0.4) is 0 Å². The van der Waals surface area contributed by atoms with Gasteiger partial charge in [0.2, 0.25) is 0 Å². The predicted octanol–water partition coefficient (Wildman–Crippen LogP) is 0.820. The Labute approximate surface area is 90.8 Å². The van der Waals surface area contributed by atoms with Crippen molar-refractivity contribution in [1.82, 2.24) is 0 Å². The molecule has 15 heavy (non-hydrogen) atoms. The fraction of sp³-hybridized carbons (Fsp3) is 0.909. The molecule has 1 unspecified atom stereocenters. The van der Waals surface area contributed by atoms with Gasteiger partial charge in [0.1, 0.15) is 5.54 Å². The molecule has 1 saturated carbocycles. The highest BCUT2D eigenvalue weighted by molar-refractivity contribution is 5.81. The third kappa shape index (κ3) is 2.69. The fourth-order valence-corrected chi connectivity index (χ4v) is 2.34. The Morgan fingerprint density at radius 2 is 1.93 bits per heavy atom. The Morgan fingerprint density at radius 3 is 2.33 bits per heavy atom. The number of ether oxygens (including phenoxy) is 1. The molecular formula is C11H21NO3. The Morgan fingerprint density at radius 1 is 1.40 bits per heavy atom. The van der Waals surface area contributed by atoms with E-state index in [0.29, 0.717) is 0 Å². The van der Waals surface area contributed by atoms with Crippen molar-refractivity contribution in [2.24, 2.45) is 11.7 Å². The molecule has 3 N–H and O–H groups in total. The minimum absolute atomic E-state index is 0.0532. The number of aliphatic hydroxyl groups is 1. The lowest BCUT2D eigenvalue weighted by atomic mass is 9.80. The number of methoxy groups -OCH3 is 1. The van der Waals surface area contributed by atoms with E-state index in [-0.39, 0.29) is 12.5 Å². The first-order valence-corrected chi connectivity index (χ1v) is 5.63. The van der Waals surface area contributed by atoms with Crippen LogP contribution in [0, 0.1) is 5.92 Å². The molecule has 1 rings (SSSR count). The maximum absolute atomic E-state index is 11.6. The van der Waals surface area contributed by atoms with Gasteiger partial charge in [0.25, 0.3) is 0 Å². The normalized spacial score (nSPS) is 22.9. The summed E-state index contributed by atoms with van der Waals surface area (Å²) in [6, 6.07) is 0. The Kier molecular flexibility index (Phi) is 4.54. The van der Waals surface area contributed by atoms with E-state index in [9.17, 15) is 9.90 Å². The van der Waals surface area contributed by atoms with Gasteiger partial charge in [-0.05, 0) is 18.8 Å². The summed E-state index contributed by atoms with van der Waals surface area (Å²) >= 11 is 0. The van der Waals surface area contributed by atoms with Crippen LogP contribution in [0.5, 0.6) is 0 Å². The summed E-state index contributed by atoms with van der Waals surface area (Å²) in [5.74, 6) is -0.436. The number of hydrogen-bond donors (Lipinski definition) is 2. The van der Waals surface area contributed by atoms with Crippen molar-refractivity contribution in [3.05, 3.63) is 0 Å². The van der Waals surface area contributed by atoms with Crippen LogP contribution in [-0.2, 0) is 9.53 Å². The molecule has 0 spiro atoms. The lowest BCUT2D eigenvalue weighted by molar-refractivity contribution is -0.151. The third-order valence-electron chi connectivity index (χ3n) is 3.41. The van der Waals surface area contributed by atoms with Gasteiger partial charge in [-0.3, -0.25) is 0 Å². The SMILES string of the molecule is COC(=O)C(N)(CO)C1CCCCCC1. The van der Waals surface area contributed by atoms with Gasteiger partial charge in [-0.15, -0.1) is 0 Å². The van der Waals surface area contributed by atoms with E-state index in [1.807, 2.05) is 0 Å². The van der Waals surface area contributed by atoms with Gasteiger partial charge in [0.15, 0.2) is 0 Å². The van der Waals surface area contributed by atoms with Crippen molar-refractivity contribution < 1.29 is 14.6 Å². The van der Waals surface area contributed by atoms with E-state index in [4.69, 9.17) is 5.73 Å². The predicted molar refractivity (Wildman–Crippen MR) is 57.2 cm³/mol.